The van der Waals surface area contributed by atoms with Crippen molar-refractivity contribution in [2.24, 2.45) is 17.6 Å². The summed E-state index contributed by atoms with van der Waals surface area (Å²) in [6, 6.07) is 0. The first-order valence-corrected chi connectivity index (χ1v) is 8.83. The molecule has 6 nitrogen and oxygen atoms in total. The Labute approximate surface area is 121 Å². The first-order chi connectivity index (χ1) is 9.39. The summed E-state index contributed by atoms with van der Waals surface area (Å²) in [5.74, 6) is 0.376. The molecule has 2 aliphatic heterocycles. The van der Waals surface area contributed by atoms with Gasteiger partial charge in [-0.15, -0.1) is 0 Å². The molecule has 0 aromatic heterocycles. The van der Waals surface area contributed by atoms with Gasteiger partial charge < -0.3 is 5.73 Å². The Balaban J connectivity index is 1.93. The third-order valence-corrected chi connectivity index (χ3v) is 6.34. The van der Waals surface area contributed by atoms with Gasteiger partial charge in [0.1, 0.15) is 0 Å². The second kappa shape index (κ2) is 6.41. The Kier molecular flexibility index (Phi) is 5.04. The molecule has 1 atom stereocenters. The molecule has 2 saturated heterocycles. The second-order valence-electron chi connectivity index (χ2n) is 6.13. The highest BCUT2D eigenvalue weighted by Gasteiger charge is 2.34. The molecule has 2 rings (SSSR count). The number of amides is 1. The zero-order valence-corrected chi connectivity index (χ0v) is 12.9. The number of hydrogen-bond donors (Lipinski definition) is 1. The topological polar surface area (TPSA) is 83.7 Å². The Morgan fingerprint density at radius 1 is 1.15 bits per heavy atom. The van der Waals surface area contributed by atoms with Gasteiger partial charge in [-0.25, -0.2) is 0 Å². The molecule has 2 aliphatic rings. The van der Waals surface area contributed by atoms with Crippen LogP contribution >= 0.6 is 0 Å². The standard InChI is InChI=1S/C13H25N3O3S/c1-11-3-2-6-16(10-11)20(18,19)15-7-4-12(5-8-15)9-13(14)17/h11-12H,2-10H2,1H3,(H2,14,17)/t11-/m1/s1. The lowest BCUT2D eigenvalue weighted by atomic mass is 9.94. The lowest BCUT2D eigenvalue weighted by Gasteiger charge is -2.37. The van der Waals surface area contributed by atoms with Gasteiger partial charge in [0.2, 0.25) is 5.91 Å². The SMILES string of the molecule is C[C@@H]1CCCN(S(=O)(=O)N2CCC(CC(N)=O)CC2)C1. The van der Waals surface area contributed by atoms with Crippen molar-refractivity contribution in [1.82, 2.24) is 8.61 Å². The van der Waals surface area contributed by atoms with Gasteiger partial charge in [-0.2, -0.15) is 17.0 Å². The Morgan fingerprint density at radius 2 is 1.80 bits per heavy atom. The van der Waals surface area contributed by atoms with Crippen molar-refractivity contribution in [2.75, 3.05) is 26.2 Å². The van der Waals surface area contributed by atoms with Crippen LogP contribution in [0.1, 0.15) is 39.0 Å². The number of nitrogens with zero attached hydrogens (tertiary/aromatic N) is 2. The summed E-state index contributed by atoms with van der Waals surface area (Å²) in [6.45, 7) is 4.37. The summed E-state index contributed by atoms with van der Waals surface area (Å²) in [6.07, 6.45) is 3.87. The predicted octanol–water partition coefficient (Wildman–Crippen LogP) is 0.551. The molecule has 0 unspecified atom stereocenters. The summed E-state index contributed by atoms with van der Waals surface area (Å²) >= 11 is 0. The molecule has 1 amide bonds. The lowest BCUT2D eigenvalue weighted by molar-refractivity contribution is -0.119. The third kappa shape index (κ3) is 3.71. The summed E-state index contributed by atoms with van der Waals surface area (Å²) in [4.78, 5) is 10.9. The molecular formula is C13H25N3O3S. The monoisotopic (exact) mass is 303 g/mol. The van der Waals surface area contributed by atoms with Crippen LogP contribution in [0.15, 0.2) is 0 Å². The molecule has 2 N–H and O–H groups in total. The number of piperidine rings is 2. The Hall–Kier alpha value is -0.660. The largest absolute Gasteiger partial charge is 0.370 e. The fourth-order valence-electron chi connectivity index (χ4n) is 3.15. The van der Waals surface area contributed by atoms with Crippen molar-refractivity contribution >= 4 is 16.1 Å². The van der Waals surface area contributed by atoms with Crippen molar-refractivity contribution in [3.8, 4) is 0 Å². The maximum atomic E-state index is 12.6. The number of nitrogens with two attached hydrogens (primary N) is 1. The van der Waals surface area contributed by atoms with Crippen molar-refractivity contribution < 1.29 is 13.2 Å². The van der Waals surface area contributed by atoms with Gasteiger partial charge in [-0.05, 0) is 37.5 Å². The molecule has 20 heavy (non-hydrogen) atoms. The Morgan fingerprint density at radius 3 is 2.35 bits per heavy atom. The van der Waals surface area contributed by atoms with E-state index in [4.69, 9.17) is 5.73 Å². The molecule has 2 fully saturated rings. The minimum absolute atomic E-state index is 0.235. The average molecular weight is 303 g/mol. The normalized spacial score (nSPS) is 27.6. The van der Waals surface area contributed by atoms with Crippen LogP contribution in [0, 0.1) is 11.8 Å². The van der Waals surface area contributed by atoms with Crippen LogP contribution in [-0.4, -0.2) is 49.1 Å². The summed E-state index contributed by atoms with van der Waals surface area (Å²) in [5, 5.41) is 0. The van der Waals surface area contributed by atoms with Crippen molar-refractivity contribution in [3.63, 3.8) is 0 Å². The molecule has 0 radical (unpaired) electrons. The number of rotatable bonds is 4. The van der Waals surface area contributed by atoms with E-state index in [0.29, 0.717) is 38.5 Å². The van der Waals surface area contributed by atoms with E-state index in [9.17, 15) is 13.2 Å². The molecule has 0 aromatic carbocycles. The molecule has 0 aliphatic carbocycles. The molecule has 0 aromatic rings. The number of carbonyl (C=O) groups is 1. The highest BCUT2D eigenvalue weighted by atomic mass is 32.2. The highest BCUT2D eigenvalue weighted by molar-refractivity contribution is 7.86. The van der Waals surface area contributed by atoms with E-state index < -0.39 is 10.2 Å². The fraction of sp³-hybridized carbons (Fsp3) is 0.923. The van der Waals surface area contributed by atoms with Crippen LogP contribution in [0.4, 0.5) is 0 Å². The minimum atomic E-state index is -3.32. The van der Waals surface area contributed by atoms with Crippen LogP contribution < -0.4 is 5.73 Å². The lowest BCUT2D eigenvalue weighted by Crippen LogP contribution is -2.50. The van der Waals surface area contributed by atoms with Crippen LogP contribution in [0.5, 0.6) is 0 Å². The number of carbonyl (C=O) groups excluding carboxylic acids is 1. The third-order valence-electron chi connectivity index (χ3n) is 4.34. The van der Waals surface area contributed by atoms with E-state index in [2.05, 4.69) is 6.92 Å². The van der Waals surface area contributed by atoms with E-state index in [1.54, 1.807) is 8.61 Å². The number of hydrogen-bond acceptors (Lipinski definition) is 3. The van der Waals surface area contributed by atoms with Crippen LogP contribution in [0.3, 0.4) is 0 Å². The van der Waals surface area contributed by atoms with Crippen molar-refractivity contribution in [1.29, 1.82) is 0 Å². The maximum absolute atomic E-state index is 12.6. The van der Waals surface area contributed by atoms with Gasteiger partial charge in [0.25, 0.3) is 10.2 Å². The van der Waals surface area contributed by atoms with Gasteiger partial charge in [-0.3, -0.25) is 4.79 Å². The number of primary amides is 1. The first kappa shape index (κ1) is 15.7. The summed E-state index contributed by atoms with van der Waals surface area (Å²) in [7, 11) is -3.32. The van der Waals surface area contributed by atoms with E-state index in [1.807, 2.05) is 0 Å². The predicted molar refractivity (Wildman–Crippen MR) is 77.0 cm³/mol. The van der Waals surface area contributed by atoms with Gasteiger partial charge in [0.05, 0.1) is 0 Å². The van der Waals surface area contributed by atoms with Gasteiger partial charge in [0, 0.05) is 32.6 Å². The molecule has 0 bridgehead atoms. The second-order valence-corrected chi connectivity index (χ2v) is 8.05. The zero-order valence-electron chi connectivity index (χ0n) is 12.1. The average Bonchev–Trinajstić information content (AvgIpc) is 2.38. The van der Waals surface area contributed by atoms with Crippen LogP contribution in [-0.2, 0) is 15.0 Å². The van der Waals surface area contributed by atoms with E-state index in [1.165, 1.54) is 0 Å². The fourth-order valence-corrected chi connectivity index (χ4v) is 4.95. The molecule has 0 saturated carbocycles. The minimum Gasteiger partial charge on any atom is -0.370 e. The van der Waals surface area contributed by atoms with Gasteiger partial charge in [-0.1, -0.05) is 6.92 Å². The van der Waals surface area contributed by atoms with Gasteiger partial charge >= 0.3 is 0 Å². The maximum Gasteiger partial charge on any atom is 0.281 e. The van der Waals surface area contributed by atoms with Crippen molar-refractivity contribution in [2.45, 2.75) is 39.0 Å². The molecule has 116 valence electrons. The molecule has 2 heterocycles. The molecule has 7 heteroatoms. The molecule has 0 spiro atoms. The zero-order chi connectivity index (χ0) is 14.8. The van der Waals surface area contributed by atoms with E-state index in [-0.39, 0.29) is 11.8 Å². The van der Waals surface area contributed by atoms with E-state index in [0.717, 1.165) is 25.7 Å². The van der Waals surface area contributed by atoms with E-state index >= 15 is 0 Å². The highest BCUT2D eigenvalue weighted by Crippen LogP contribution is 2.26. The first-order valence-electron chi connectivity index (χ1n) is 7.43. The van der Waals surface area contributed by atoms with Gasteiger partial charge in [0.15, 0.2) is 0 Å². The van der Waals surface area contributed by atoms with Crippen LogP contribution in [0.2, 0.25) is 0 Å². The Bertz CT molecular complexity index is 444. The smallest absolute Gasteiger partial charge is 0.281 e. The quantitative estimate of drug-likeness (QED) is 0.823. The van der Waals surface area contributed by atoms with Crippen LogP contribution in [0.25, 0.3) is 0 Å². The summed E-state index contributed by atoms with van der Waals surface area (Å²) in [5.41, 5.74) is 5.20. The summed E-state index contributed by atoms with van der Waals surface area (Å²) < 4.78 is 28.3. The molecular weight excluding hydrogens is 278 g/mol. The van der Waals surface area contributed by atoms with Crippen molar-refractivity contribution in [3.05, 3.63) is 0 Å².